The summed E-state index contributed by atoms with van der Waals surface area (Å²) in [7, 11) is 3.16. The van der Waals surface area contributed by atoms with Gasteiger partial charge in [0, 0.05) is 12.2 Å². The standard InChI is InChI=1S/C17H19FN2O3/c1-22-15-8-3-12(11-16(15)23-2)9-10-19-17(21)20-14-6-4-13(18)5-7-14/h3-8,11H,9-10H2,1-2H3,(H2,19,20,21). The van der Waals surface area contributed by atoms with Crippen molar-refractivity contribution in [3.05, 3.63) is 53.8 Å². The summed E-state index contributed by atoms with van der Waals surface area (Å²) in [6.07, 6.45) is 0.650. The van der Waals surface area contributed by atoms with Crippen LogP contribution in [0.1, 0.15) is 5.56 Å². The number of methoxy groups -OCH3 is 2. The van der Waals surface area contributed by atoms with E-state index in [1.807, 2.05) is 18.2 Å². The summed E-state index contributed by atoms with van der Waals surface area (Å²) in [6.45, 7) is 0.461. The van der Waals surface area contributed by atoms with Crippen LogP contribution in [0.15, 0.2) is 42.5 Å². The Bertz CT molecular complexity index is 659. The van der Waals surface area contributed by atoms with Crippen molar-refractivity contribution in [1.82, 2.24) is 5.32 Å². The van der Waals surface area contributed by atoms with Gasteiger partial charge >= 0.3 is 6.03 Å². The third-order valence-electron chi connectivity index (χ3n) is 3.25. The maximum Gasteiger partial charge on any atom is 0.319 e. The van der Waals surface area contributed by atoms with Crippen LogP contribution in [-0.2, 0) is 6.42 Å². The zero-order chi connectivity index (χ0) is 16.7. The van der Waals surface area contributed by atoms with Crippen LogP contribution in [-0.4, -0.2) is 26.8 Å². The number of rotatable bonds is 6. The van der Waals surface area contributed by atoms with Crippen LogP contribution in [0, 0.1) is 5.82 Å². The second-order valence-electron chi connectivity index (χ2n) is 4.83. The first-order valence-corrected chi connectivity index (χ1v) is 7.13. The maximum atomic E-state index is 12.8. The fourth-order valence-electron chi connectivity index (χ4n) is 2.07. The second kappa shape index (κ2) is 8.03. The number of ether oxygens (including phenoxy) is 2. The predicted molar refractivity (Wildman–Crippen MR) is 86.7 cm³/mol. The summed E-state index contributed by atoms with van der Waals surface area (Å²) in [5.41, 5.74) is 1.56. The average molecular weight is 318 g/mol. The topological polar surface area (TPSA) is 59.6 Å². The smallest absolute Gasteiger partial charge is 0.319 e. The minimum Gasteiger partial charge on any atom is -0.493 e. The molecule has 2 N–H and O–H groups in total. The van der Waals surface area contributed by atoms with Crippen molar-refractivity contribution in [3.8, 4) is 11.5 Å². The number of urea groups is 1. The van der Waals surface area contributed by atoms with E-state index in [9.17, 15) is 9.18 Å². The highest BCUT2D eigenvalue weighted by molar-refractivity contribution is 5.89. The molecule has 5 nitrogen and oxygen atoms in total. The van der Waals surface area contributed by atoms with Gasteiger partial charge in [-0.3, -0.25) is 0 Å². The molecule has 0 spiro atoms. The molecular weight excluding hydrogens is 299 g/mol. The van der Waals surface area contributed by atoms with Crippen molar-refractivity contribution < 1.29 is 18.7 Å². The molecule has 0 saturated heterocycles. The van der Waals surface area contributed by atoms with Gasteiger partial charge in [0.2, 0.25) is 0 Å². The summed E-state index contributed by atoms with van der Waals surface area (Å²) < 4.78 is 23.2. The van der Waals surface area contributed by atoms with Crippen molar-refractivity contribution in [3.63, 3.8) is 0 Å². The highest BCUT2D eigenvalue weighted by Crippen LogP contribution is 2.27. The Morgan fingerprint density at radius 1 is 1.04 bits per heavy atom. The van der Waals surface area contributed by atoms with Gasteiger partial charge in [-0.05, 0) is 48.4 Å². The van der Waals surface area contributed by atoms with Crippen LogP contribution < -0.4 is 20.1 Å². The minimum absolute atomic E-state index is 0.336. The Hall–Kier alpha value is -2.76. The van der Waals surface area contributed by atoms with Gasteiger partial charge in [0.15, 0.2) is 11.5 Å². The van der Waals surface area contributed by atoms with Crippen LogP contribution in [0.2, 0.25) is 0 Å². The first-order chi connectivity index (χ1) is 11.1. The molecule has 0 radical (unpaired) electrons. The third-order valence-corrected chi connectivity index (χ3v) is 3.25. The number of carbonyl (C=O) groups excluding carboxylic acids is 1. The normalized spacial score (nSPS) is 10.0. The van der Waals surface area contributed by atoms with Gasteiger partial charge in [-0.2, -0.15) is 0 Å². The van der Waals surface area contributed by atoms with E-state index in [-0.39, 0.29) is 11.8 Å². The van der Waals surface area contributed by atoms with Crippen LogP contribution in [0.25, 0.3) is 0 Å². The summed E-state index contributed by atoms with van der Waals surface area (Å²) in [4.78, 5) is 11.8. The second-order valence-corrected chi connectivity index (χ2v) is 4.83. The summed E-state index contributed by atoms with van der Waals surface area (Å²) >= 11 is 0. The summed E-state index contributed by atoms with van der Waals surface area (Å²) in [6, 6.07) is 10.9. The van der Waals surface area contributed by atoms with Crippen LogP contribution in [0.3, 0.4) is 0 Å². The van der Waals surface area contributed by atoms with E-state index >= 15 is 0 Å². The van der Waals surface area contributed by atoms with Crippen LogP contribution in [0.4, 0.5) is 14.9 Å². The monoisotopic (exact) mass is 318 g/mol. The zero-order valence-electron chi connectivity index (χ0n) is 13.1. The first kappa shape index (κ1) is 16.6. The predicted octanol–water partition coefficient (Wildman–Crippen LogP) is 3.21. The molecule has 0 bridgehead atoms. The van der Waals surface area contributed by atoms with Crippen molar-refractivity contribution in [1.29, 1.82) is 0 Å². The molecule has 0 aliphatic carbocycles. The number of halogens is 1. The number of hydrogen-bond donors (Lipinski definition) is 2. The van der Waals surface area contributed by atoms with E-state index in [2.05, 4.69) is 10.6 Å². The molecule has 2 amide bonds. The van der Waals surface area contributed by atoms with Gasteiger partial charge in [0.1, 0.15) is 5.82 Å². The van der Waals surface area contributed by atoms with Gasteiger partial charge in [-0.25, -0.2) is 9.18 Å². The average Bonchev–Trinajstić information content (AvgIpc) is 2.56. The van der Waals surface area contributed by atoms with Gasteiger partial charge in [0.05, 0.1) is 14.2 Å². The first-order valence-electron chi connectivity index (χ1n) is 7.13. The molecule has 0 fully saturated rings. The van der Waals surface area contributed by atoms with Crippen molar-refractivity contribution in [2.75, 3.05) is 26.1 Å². The molecule has 0 saturated carbocycles. The summed E-state index contributed by atoms with van der Waals surface area (Å²) in [5.74, 6) is 0.975. The van der Waals surface area contributed by atoms with Crippen molar-refractivity contribution >= 4 is 11.7 Å². The third kappa shape index (κ3) is 4.88. The lowest BCUT2D eigenvalue weighted by Crippen LogP contribution is -2.30. The Morgan fingerprint density at radius 3 is 2.39 bits per heavy atom. The molecule has 0 aromatic heterocycles. The molecule has 6 heteroatoms. The lowest BCUT2D eigenvalue weighted by molar-refractivity contribution is 0.252. The largest absolute Gasteiger partial charge is 0.493 e. The molecule has 0 atom stereocenters. The Balaban J connectivity index is 1.82. The van der Waals surface area contributed by atoms with Crippen molar-refractivity contribution in [2.45, 2.75) is 6.42 Å². The van der Waals surface area contributed by atoms with E-state index in [0.717, 1.165) is 5.56 Å². The molecule has 0 unspecified atom stereocenters. The molecular formula is C17H19FN2O3. The van der Waals surface area contributed by atoms with E-state index in [1.54, 1.807) is 14.2 Å². The highest BCUT2D eigenvalue weighted by Gasteiger charge is 2.05. The fraction of sp³-hybridized carbons (Fsp3) is 0.235. The van der Waals surface area contributed by atoms with E-state index in [4.69, 9.17) is 9.47 Å². The molecule has 122 valence electrons. The lowest BCUT2D eigenvalue weighted by atomic mass is 10.1. The number of nitrogens with one attached hydrogen (secondary N) is 2. The lowest BCUT2D eigenvalue weighted by Gasteiger charge is -2.10. The number of carbonyl (C=O) groups is 1. The number of benzene rings is 2. The van der Waals surface area contributed by atoms with Gasteiger partial charge in [-0.15, -0.1) is 0 Å². The summed E-state index contributed by atoms with van der Waals surface area (Å²) in [5, 5.41) is 5.38. The zero-order valence-corrected chi connectivity index (χ0v) is 13.1. The highest BCUT2D eigenvalue weighted by atomic mass is 19.1. The van der Waals surface area contributed by atoms with E-state index in [0.29, 0.717) is 30.2 Å². The Kier molecular flexibility index (Phi) is 5.80. The number of amides is 2. The van der Waals surface area contributed by atoms with Crippen LogP contribution >= 0.6 is 0 Å². The van der Waals surface area contributed by atoms with E-state index < -0.39 is 0 Å². The van der Waals surface area contributed by atoms with Crippen molar-refractivity contribution in [2.24, 2.45) is 0 Å². The maximum absolute atomic E-state index is 12.8. The van der Waals surface area contributed by atoms with Crippen LogP contribution in [0.5, 0.6) is 11.5 Å². The van der Waals surface area contributed by atoms with Gasteiger partial charge in [0.25, 0.3) is 0 Å². The number of anilines is 1. The quantitative estimate of drug-likeness (QED) is 0.860. The molecule has 2 rings (SSSR count). The molecule has 0 heterocycles. The minimum atomic E-state index is -0.343. The fourth-order valence-corrected chi connectivity index (χ4v) is 2.07. The molecule has 2 aromatic rings. The SMILES string of the molecule is COc1ccc(CCNC(=O)Nc2ccc(F)cc2)cc1OC. The number of hydrogen-bond acceptors (Lipinski definition) is 3. The molecule has 2 aromatic carbocycles. The Morgan fingerprint density at radius 2 is 1.74 bits per heavy atom. The molecule has 0 aliphatic heterocycles. The van der Waals surface area contributed by atoms with Gasteiger partial charge in [-0.1, -0.05) is 6.07 Å². The molecule has 0 aliphatic rings. The Labute approximate surface area is 134 Å². The van der Waals surface area contributed by atoms with Gasteiger partial charge < -0.3 is 20.1 Å². The van der Waals surface area contributed by atoms with E-state index in [1.165, 1.54) is 24.3 Å². The molecule has 23 heavy (non-hydrogen) atoms.